The van der Waals surface area contributed by atoms with Crippen molar-refractivity contribution in [2.45, 2.75) is 6.92 Å². The van der Waals surface area contributed by atoms with Crippen molar-refractivity contribution in [1.82, 2.24) is 9.88 Å². The Hall–Kier alpha value is -0.870. The van der Waals surface area contributed by atoms with E-state index in [0.29, 0.717) is 18.7 Å². The minimum atomic E-state index is -0.138. The highest BCUT2D eigenvalue weighted by molar-refractivity contribution is 9.10. The fraction of sp³-hybridized carbons (Fsp3) is 0.273. The molecule has 0 unspecified atom stereocenters. The van der Waals surface area contributed by atoms with Crippen LogP contribution in [-0.4, -0.2) is 28.9 Å². The summed E-state index contributed by atoms with van der Waals surface area (Å²) in [5.74, 6) is -0.138. The van der Waals surface area contributed by atoms with Crippen LogP contribution in [0.4, 0.5) is 0 Å². The van der Waals surface area contributed by atoms with Gasteiger partial charge in [0.1, 0.15) is 5.15 Å². The molecular formula is C11H12BrClN2O. The zero-order valence-corrected chi connectivity index (χ0v) is 11.3. The Morgan fingerprint density at radius 3 is 3.00 bits per heavy atom. The van der Waals surface area contributed by atoms with Gasteiger partial charge in [0, 0.05) is 23.8 Å². The lowest BCUT2D eigenvalue weighted by molar-refractivity contribution is 0.0782. The number of pyridine rings is 1. The minimum absolute atomic E-state index is 0.138. The first-order valence-electron chi connectivity index (χ1n) is 4.81. The Kier molecular flexibility index (Phi) is 4.96. The number of hydrogen-bond acceptors (Lipinski definition) is 2. The number of aromatic nitrogens is 1. The summed E-state index contributed by atoms with van der Waals surface area (Å²) in [7, 11) is 0. The molecule has 0 N–H and O–H groups in total. The summed E-state index contributed by atoms with van der Waals surface area (Å²) in [6.07, 6.45) is 3.24. The minimum Gasteiger partial charge on any atom is -0.335 e. The first kappa shape index (κ1) is 13.2. The third kappa shape index (κ3) is 3.06. The monoisotopic (exact) mass is 302 g/mol. The van der Waals surface area contributed by atoms with E-state index in [1.807, 2.05) is 6.92 Å². The van der Waals surface area contributed by atoms with Gasteiger partial charge < -0.3 is 4.90 Å². The predicted molar refractivity (Wildman–Crippen MR) is 68.7 cm³/mol. The molecule has 0 fully saturated rings. The summed E-state index contributed by atoms with van der Waals surface area (Å²) in [6, 6.07) is 1.67. The van der Waals surface area contributed by atoms with Gasteiger partial charge in [0.15, 0.2) is 0 Å². The second-order valence-electron chi connectivity index (χ2n) is 3.12. The summed E-state index contributed by atoms with van der Waals surface area (Å²) in [6.45, 7) is 6.62. The standard InChI is InChI=1S/C11H12BrClN2O/c1-3-5-15(4-2)11(16)9-6-8(12)7-14-10(9)13/h3,6-7H,1,4-5H2,2H3. The van der Waals surface area contributed by atoms with Crippen LogP contribution in [-0.2, 0) is 0 Å². The summed E-state index contributed by atoms with van der Waals surface area (Å²) >= 11 is 9.15. The van der Waals surface area contributed by atoms with Crippen LogP contribution >= 0.6 is 27.5 Å². The van der Waals surface area contributed by atoms with E-state index in [1.54, 1.807) is 23.2 Å². The Bertz CT molecular complexity index is 409. The van der Waals surface area contributed by atoms with E-state index in [2.05, 4.69) is 27.5 Å². The van der Waals surface area contributed by atoms with Gasteiger partial charge in [-0.1, -0.05) is 17.7 Å². The maximum Gasteiger partial charge on any atom is 0.257 e. The first-order valence-corrected chi connectivity index (χ1v) is 5.98. The van der Waals surface area contributed by atoms with Gasteiger partial charge in [-0.25, -0.2) is 4.98 Å². The number of nitrogens with zero attached hydrogens (tertiary/aromatic N) is 2. The van der Waals surface area contributed by atoms with Crippen LogP contribution in [0.5, 0.6) is 0 Å². The van der Waals surface area contributed by atoms with Gasteiger partial charge in [0.25, 0.3) is 5.91 Å². The van der Waals surface area contributed by atoms with Gasteiger partial charge in [0.2, 0.25) is 0 Å². The molecule has 0 spiro atoms. The highest BCUT2D eigenvalue weighted by Crippen LogP contribution is 2.19. The van der Waals surface area contributed by atoms with E-state index in [1.165, 1.54) is 0 Å². The SMILES string of the molecule is C=CCN(CC)C(=O)c1cc(Br)cnc1Cl. The number of carbonyl (C=O) groups excluding carboxylic acids is 1. The summed E-state index contributed by atoms with van der Waals surface area (Å²) in [4.78, 5) is 17.6. The number of hydrogen-bond donors (Lipinski definition) is 0. The van der Waals surface area contributed by atoms with Crippen molar-refractivity contribution in [3.63, 3.8) is 0 Å². The molecule has 0 saturated carbocycles. The molecule has 1 aromatic rings. The van der Waals surface area contributed by atoms with Crippen LogP contribution in [0.25, 0.3) is 0 Å². The highest BCUT2D eigenvalue weighted by atomic mass is 79.9. The molecule has 0 aliphatic heterocycles. The molecule has 0 aliphatic rings. The molecule has 0 radical (unpaired) electrons. The van der Waals surface area contributed by atoms with E-state index in [0.717, 1.165) is 4.47 Å². The number of rotatable bonds is 4. The van der Waals surface area contributed by atoms with E-state index in [-0.39, 0.29) is 11.1 Å². The summed E-state index contributed by atoms with van der Waals surface area (Å²) in [5.41, 5.74) is 0.403. The fourth-order valence-electron chi connectivity index (χ4n) is 1.25. The molecule has 86 valence electrons. The zero-order valence-electron chi connectivity index (χ0n) is 8.91. The zero-order chi connectivity index (χ0) is 12.1. The predicted octanol–water partition coefficient (Wildman–Crippen LogP) is 3.15. The molecule has 0 atom stereocenters. The molecule has 5 heteroatoms. The first-order chi connectivity index (χ1) is 7.60. The Labute approximate surface area is 108 Å². The quantitative estimate of drug-likeness (QED) is 0.632. The lowest BCUT2D eigenvalue weighted by Crippen LogP contribution is -2.31. The van der Waals surface area contributed by atoms with Gasteiger partial charge in [-0.3, -0.25) is 4.79 Å². The summed E-state index contributed by atoms with van der Waals surface area (Å²) < 4.78 is 0.731. The topological polar surface area (TPSA) is 33.2 Å². The fourth-order valence-corrected chi connectivity index (χ4v) is 1.77. The molecule has 1 heterocycles. The molecule has 0 bridgehead atoms. The average molecular weight is 304 g/mol. The Morgan fingerprint density at radius 1 is 1.75 bits per heavy atom. The number of halogens is 2. The van der Waals surface area contributed by atoms with E-state index in [4.69, 9.17) is 11.6 Å². The van der Waals surface area contributed by atoms with Crippen LogP contribution in [0.2, 0.25) is 5.15 Å². The number of likely N-dealkylation sites (N-methyl/N-ethyl adjacent to an activating group) is 1. The molecule has 1 amide bonds. The molecule has 0 saturated heterocycles. The largest absolute Gasteiger partial charge is 0.335 e. The lowest BCUT2D eigenvalue weighted by atomic mass is 10.2. The maximum atomic E-state index is 12.1. The molecule has 0 aliphatic carbocycles. The average Bonchev–Trinajstić information content (AvgIpc) is 2.28. The normalized spacial score (nSPS) is 9.94. The Morgan fingerprint density at radius 2 is 2.44 bits per heavy atom. The third-order valence-electron chi connectivity index (χ3n) is 2.05. The molecule has 16 heavy (non-hydrogen) atoms. The van der Waals surface area contributed by atoms with Crippen LogP contribution < -0.4 is 0 Å². The van der Waals surface area contributed by atoms with Gasteiger partial charge in [-0.15, -0.1) is 6.58 Å². The third-order valence-corrected chi connectivity index (χ3v) is 2.79. The summed E-state index contributed by atoms with van der Waals surface area (Å²) in [5, 5.41) is 0.218. The van der Waals surface area contributed by atoms with Crippen LogP contribution in [0.1, 0.15) is 17.3 Å². The number of carbonyl (C=O) groups is 1. The van der Waals surface area contributed by atoms with Crippen molar-refractivity contribution >= 4 is 33.4 Å². The van der Waals surface area contributed by atoms with E-state index < -0.39 is 0 Å². The van der Waals surface area contributed by atoms with Crippen LogP contribution in [0.15, 0.2) is 29.4 Å². The number of amides is 1. The lowest BCUT2D eigenvalue weighted by Gasteiger charge is -2.19. The maximum absolute atomic E-state index is 12.1. The van der Waals surface area contributed by atoms with Crippen molar-refractivity contribution in [2.24, 2.45) is 0 Å². The van der Waals surface area contributed by atoms with E-state index in [9.17, 15) is 4.79 Å². The van der Waals surface area contributed by atoms with Gasteiger partial charge >= 0.3 is 0 Å². The smallest absolute Gasteiger partial charge is 0.257 e. The van der Waals surface area contributed by atoms with Gasteiger partial charge in [0.05, 0.1) is 5.56 Å². The Balaban J connectivity index is 3.02. The molecule has 1 aromatic heterocycles. The van der Waals surface area contributed by atoms with Crippen molar-refractivity contribution < 1.29 is 4.79 Å². The van der Waals surface area contributed by atoms with Crippen LogP contribution in [0.3, 0.4) is 0 Å². The van der Waals surface area contributed by atoms with Gasteiger partial charge in [-0.05, 0) is 28.9 Å². The molecule has 1 rings (SSSR count). The van der Waals surface area contributed by atoms with Gasteiger partial charge in [-0.2, -0.15) is 0 Å². The van der Waals surface area contributed by atoms with Crippen molar-refractivity contribution in [3.8, 4) is 0 Å². The second kappa shape index (κ2) is 6.01. The molecule has 0 aromatic carbocycles. The highest BCUT2D eigenvalue weighted by Gasteiger charge is 2.17. The van der Waals surface area contributed by atoms with Crippen molar-refractivity contribution in [3.05, 3.63) is 40.1 Å². The van der Waals surface area contributed by atoms with Crippen molar-refractivity contribution in [2.75, 3.05) is 13.1 Å². The molecular weight excluding hydrogens is 291 g/mol. The molecule has 3 nitrogen and oxygen atoms in total. The van der Waals surface area contributed by atoms with E-state index >= 15 is 0 Å². The van der Waals surface area contributed by atoms with Crippen LogP contribution in [0, 0.1) is 0 Å². The van der Waals surface area contributed by atoms with Crippen molar-refractivity contribution in [1.29, 1.82) is 0 Å². The second-order valence-corrected chi connectivity index (χ2v) is 4.40.